The Bertz CT molecular complexity index is 668. The third kappa shape index (κ3) is 3.39. The van der Waals surface area contributed by atoms with Gasteiger partial charge < -0.3 is 15.2 Å². The van der Waals surface area contributed by atoms with Crippen LogP contribution in [0, 0.1) is 0 Å². The minimum Gasteiger partial charge on any atom is -0.454 e. The van der Waals surface area contributed by atoms with Crippen molar-refractivity contribution >= 4 is 5.84 Å². The lowest BCUT2D eigenvalue weighted by molar-refractivity contribution is 0.174. The van der Waals surface area contributed by atoms with E-state index >= 15 is 0 Å². The molecule has 1 aliphatic rings. The van der Waals surface area contributed by atoms with E-state index in [4.69, 9.17) is 15.2 Å². The van der Waals surface area contributed by atoms with Crippen molar-refractivity contribution in [2.45, 2.75) is 25.8 Å². The molecule has 0 spiro atoms. The molecule has 4 heteroatoms. The number of aliphatic imine (C=N–C) groups is 1. The Balaban J connectivity index is 1.63. The fourth-order valence-corrected chi connectivity index (χ4v) is 2.45. The standard InChI is InChI=1S/C18H20N2O2/c1-13(7-8-14-5-3-2-4-6-14)20-18(19)15-9-10-16-17(11-15)22-12-21-16/h2-6,9-11,13H,7-8,12H2,1H3,(H2,19,20). The molecule has 3 rings (SSSR count). The van der Waals surface area contributed by atoms with Gasteiger partial charge in [0.15, 0.2) is 11.5 Å². The van der Waals surface area contributed by atoms with Crippen LogP contribution in [0.2, 0.25) is 0 Å². The summed E-state index contributed by atoms with van der Waals surface area (Å²) < 4.78 is 10.7. The molecule has 0 saturated heterocycles. The quantitative estimate of drug-likeness (QED) is 0.681. The van der Waals surface area contributed by atoms with Crippen LogP contribution in [-0.2, 0) is 6.42 Å². The van der Waals surface area contributed by atoms with E-state index in [-0.39, 0.29) is 12.8 Å². The molecule has 0 saturated carbocycles. The van der Waals surface area contributed by atoms with Crippen molar-refractivity contribution in [2.75, 3.05) is 6.79 Å². The van der Waals surface area contributed by atoms with Gasteiger partial charge in [0.25, 0.3) is 0 Å². The lowest BCUT2D eigenvalue weighted by Gasteiger charge is -2.09. The molecule has 0 aliphatic carbocycles. The van der Waals surface area contributed by atoms with Crippen LogP contribution in [-0.4, -0.2) is 18.7 Å². The summed E-state index contributed by atoms with van der Waals surface area (Å²) in [6.45, 7) is 2.35. The number of nitrogens with two attached hydrogens (primary N) is 1. The van der Waals surface area contributed by atoms with E-state index in [0.29, 0.717) is 5.84 Å². The number of fused-ring (bicyclic) bond motifs is 1. The van der Waals surface area contributed by atoms with Gasteiger partial charge in [-0.05, 0) is 43.5 Å². The lowest BCUT2D eigenvalue weighted by atomic mass is 10.1. The molecule has 0 bridgehead atoms. The second-order valence-corrected chi connectivity index (χ2v) is 5.46. The predicted molar refractivity (Wildman–Crippen MR) is 87.5 cm³/mol. The third-order valence-electron chi connectivity index (χ3n) is 3.72. The first-order chi connectivity index (χ1) is 10.7. The maximum absolute atomic E-state index is 6.11. The normalized spacial score (nSPS) is 14.9. The monoisotopic (exact) mass is 296 g/mol. The summed E-state index contributed by atoms with van der Waals surface area (Å²) in [5.74, 6) is 2.03. The van der Waals surface area contributed by atoms with Crippen LogP contribution < -0.4 is 15.2 Å². The first-order valence-corrected chi connectivity index (χ1v) is 7.49. The van der Waals surface area contributed by atoms with Gasteiger partial charge in [-0.3, -0.25) is 4.99 Å². The predicted octanol–water partition coefficient (Wildman–Crippen LogP) is 3.14. The molecule has 0 radical (unpaired) electrons. The average Bonchev–Trinajstić information content (AvgIpc) is 3.01. The van der Waals surface area contributed by atoms with Gasteiger partial charge >= 0.3 is 0 Å². The molecule has 0 aromatic heterocycles. The number of amidine groups is 1. The molecule has 2 aromatic rings. The summed E-state index contributed by atoms with van der Waals surface area (Å²) in [5.41, 5.74) is 8.31. The summed E-state index contributed by atoms with van der Waals surface area (Å²) in [6.07, 6.45) is 1.97. The molecule has 2 N–H and O–H groups in total. The van der Waals surface area contributed by atoms with Gasteiger partial charge in [-0.25, -0.2) is 0 Å². The van der Waals surface area contributed by atoms with E-state index in [2.05, 4.69) is 36.2 Å². The number of hydrogen-bond donors (Lipinski definition) is 1. The molecule has 1 heterocycles. The van der Waals surface area contributed by atoms with E-state index in [1.807, 2.05) is 24.3 Å². The summed E-state index contributed by atoms with van der Waals surface area (Å²) in [6, 6.07) is 16.3. The van der Waals surface area contributed by atoms with Crippen LogP contribution in [0.3, 0.4) is 0 Å². The van der Waals surface area contributed by atoms with Gasteiger partial charge in [-0.1, -0.05) is 30.3 Å². The summed E-state index contributed by atoms with van der Waals surface area (Å²) in [5, 5.41) is 0. The molecular formula is C18H20N2O2. The Morgan fingerprint density at radius 2 is 1.91 bits per heavy atom. The molecule has 1 atom stereocenters. The van der Waals surface area contributed by atoms with E-state index < -0.39 is 0 Å². The van der Waals surface area contributed by atoms with Gasteiger partial charge in [-0.15, -0.1) is 0 Å². The molecule has 0 amide bonds. The van der Waals surface area contributed by atoms with Crippen LogP contribution in [0.25, 0.3) is 0 Å². The Morgan fingerprint density at radius 1 is 1.14 bits per heavy atom. The molecular weight excluding hydrogens is 276 g/mol. The number of aryl methyl sites for hydroxylation is 1. The smallest absolute Gasteiger partial charge is 0.231 e. The maximum atomic E-state index is 6.11. The van der Waals surface area contributed by atoms with Crippen molar-refractivity contribution in [3.05, 3.63) is 59.7 Å². The molecule has 1 aliphatic heterocycles. The van der Waals surface area contributed by atoms with Crippen LogP contribution >= 0.6 is 0 Å². The zero-order valence-corrected chi connectivity index (χ0v) is 12.7. The van der Waals surface area contributed by atoms with Crippen molar-refractivity contribution in [3.63, 3.8) is 0 Å². The van der Waals surface area contributed by atoms with E-state index in [1.54, 1.807) is 0 Å². The number of hydrogen-bond acceptors (Lipinski definition) is 3. The topological polar surface area (TPSA) is 56.8 Å². The van der Waals surface area contributed by atoms with Crippen LogP contribution in [0.5, 0.6) is 11.5 Å². The molecule has 4 nitrogen and oxygen atoms in total. The van der Waals surface area contributed by atoms with Gasteiger partial charge in [0.1, 0.15) is 5.84 Å². The summed E-state index contributed by atoms with van der Waals surface area (Å²) in [7, 11) is 0. The van der Waals surface area contributed by atoms with Crippen molar-refractivity contribution in [3.8, 4) is 11.5 Å². The Morgan fingerprint density at radius 3 is 2.73 bits per heavy atom. The Labute approximate surface area is 130 Å². The number of rotatable bonds is 5. The highest BCUT2D eigenvalue weighted by Gasteiger charge is 2.14. The summed E-state index contributed by atoms with van der Waals surface area (Å²) in [4.78, 5) is 4.59. The van der Waals surface area contributed by atoms with Gasteiger partial charge in [0.05, 0.1) is 0 Å². The SMILES string of the molecule is CC(CCc1ccccc1)N=C(N)c1ccc2c(c1)OCO2. The number of benzene rings is 2. The zero-order valence-electron chi connectivity index (χ0n) is 12.7. The van der Waals surface area contributed by atoms with Crippen LogP contribution in [0.1, 0.15) is 24.5 Å². The van der Waals surface area contributed by atoms with Crippen molar-refractivity contribution in [2.24, 2.45) is 10.7 Å². The zero-order chi connectivity index (χ0) is 15.4. The second kappa shape index (κ2) is 6.52. The van der Waals surface area contributed by atoms with Gasteiger partial charge in [0.2, 0.25) is 6.79 Å². The van der Waals surface area contributed by atoms with Crippen LogP contribution in [0.15, 0.2) is 53.5 Å². The first-order valence-electron chi connectivity index (χ1n) is 7.49. The summed E-state index contributed by atoms with van der Waals surface area (Å²) >= 11 is 0. The van der Waals surface area contributed by atoms with Crippen LogP contribution in [0.4, 0.5) is 0 Å². The van der Waals surface area contributed by atoms with E-state index in [0.717, 1.165) is 29.9 Å². The highest BCUT2D eigenvalue weighted by Crippen LogP contribution is 2.32. The molecule has 2 aromatic carbocycles. The van der Waals surface area contributed by atoms with Crippen molar-refractivity contribution in [1.82, 2.24) is 0 Å². The molecule has 114 valence electrons. The minimum atomic E-state index is 0.172. The lowest BCUT2D eigenvalue weighted by Crippen LogP contribution is -2.17. The molecule has 1 unspecified atom stereocenters. The third-order valence-corrected chi connectivity index (χ3v) is 3.72. The molecule has 22 heavy (non-hydrogen) atoms. The Hall–Kier alpha value is -2.49. The van der Waals surface area contributed by atoms with Crippen molar-refractivity contribution in [1.29, 1.82) is 0 Å². The largest absolute Gasteiger partial charge is 0.454 e. The maximum Gasteiger partial charge on any atom is 0.231 e. The fourth-order valence-electron chi connectivity index (χ4n) is 2.45. The van der Waals surface area contributed by atoms with Gasteiger partial charge in [-0.2, -0.15) is 0 Å². The number of nitrogens with zero attached hydrogens (tertiary/aromatic N) is 1. The fraction of sp³-hybridized carbons (Fsp3) is 0.278. The minimum absolute atomic E-state index is 0.172. The van der Waals surface area contributed by atoms with Crippen molar-refractivity contribution < 1.29 is 9.47 Å². The Kier molecular flexibility index (Phi) is 4.28. The average molecular weight is 296 g/mol. The first kappa shape index (κ1) is 14.4. The molecule has 0 fully saturated rings. The van der Waals surface area contributed by atoms with E-state index in [9.17, 15) is 0 Å². The number of ether oxygens (including phenoxy) is 2. The van der Waals surface area contributed by atoms with Gasteiger partial charge in [0, 0.05) is 11.6 Å². The second-order valence-electron chi connectivity index (χ2n) is 5.46. The van der Waals surface area contributed by atoms with E-state index in [1.165, 1.54) is 5.56 Å². The highest BCUT2D eigenvalue weighted by atomic mass is 16.7. The highest BCUT2D eigenvalue weighted by molar-refractivity contribution is 5.98.